The van der Waals surface area contributed by atoms with E-state index in [2.05, 4.69) is 0 Å². The summed E-state index contributed by atoms with van der Waals surface area (Å²) in [5.74, 6) is 0.596. The van der Waals surface area contributed by atoms with E-state index in [1.54, 1.807) is 0 Å². The highest BCUT2D eigenvalue weighted by Gasteiger charge is 2.52. The summed E-state index contributed by atoms with van der Waals surface area (Å²) >= 11 is 5.93. The standard InChI is InChI=1S/C16H25BClNO3.ClH/c1-11-10-12(18)6-7-13(11)20-9-8-14(19)17-21-15(2,3)16(4,5)22-17;/h6-7,10,14H,8-9,19H2,1-5H3;1H/t14-;/m1./s1. The number of ether oxygens (including phenoxy) is 1. The molecule has 0 spiro atoms. The number of halogens is 2. The minimum atomic E-state index is -0.403. The number of aryl methyl sites for hydroxylation is 1. The lowest BCUT2D eigenvalue weighted by Crippen LogP contribution is -2.42. The van der Waals surface area contributed by atoms with Crippen LogP contribution in [0, 0.1) is 6.92 Å². The summed E-state index contributed by atoms with van der Waals surface area (Å²) in [4.78, 5) is 0. The van der Waals surface area contributed by atoms with Gasteiger partial charge in [0.15, 0.2) is 0 Å². The lowest BCUT2D eigenvalue weighted by Gasteiger charge is -2.32. The van der Waals surface area contributed by atoms with Crippen molar-refractivity contribution in [2.24, 2.45) is 5.73 Å². The molecule has 2 rings (SSSR count). The fourth-order valence-corrected chi connectivity index (χ4v) is 2.51. The van der Waals surface area contributed by atoms with Gasteiger partial charge in [0, 0.05) is 11.0 Å². The van der Waals surface area contributed by atoms with Gasteiger partial charge >= 0.3 is 7.12 Å². The summed E-state index contributed by atoms with van der Waals surface area (Å²) in [7, 11) is -0.403. The van der Waals surface area contributed by atoms with E-state index in [1.807, 2.05) is 52.8 Å². The summed E-state index contributed by atoms with van der Waals surface area (Å²) in [6.07, 6.45) is 0.652. The van der Waals surface area contributed by atoms with E-state index < -0.39 is 7.12 Å². The lowest BCUT2D eigenvalue weighted by atomic mass is 9.77. The molecule has 1 aliphatic heterocycles. The SMILES string of the molecule is Cc1cc(Cl)ccc1OCC[C@@H](N)B1OC(C)(C)C(C)(C)O1.Cl. The number of hydrogen-bond donors (Lipinski definition) is 1. The third kappa shape index (κ3) is 4.77. The van der Waals surface area contributed by atoms with Gasteiger partial charge < -0.3 is 19.8 Å². The van der Waals surface area contributed by atoms with Gasteiger partial charge in [0.2, 0.25) is 0 Å². The average molecular weight is 362 g/mol. The molecule has 0 saturated carbocycles. The van der Waals surface area contributed by atoms with Crippen LogP contribution in [0.15, 0.2) is 18.2 Å². The third-order valence-electron chi connectivity index (χ3n) is 4.47. The van der Waals surface area contributed by atoms with Crippen LogP contribution in [0.5, 0.6) is 5.75 Å². The van der Waals surface area contributed by atoms with Crippen molar-refractivity contribution >= 4 is 31.1 Å². The molecule has 130 valence electrons. The molecule has 7 heteroatoms. The van der Waals surface area contributed by atoms with Crippen LogP contribution in [0.2, 0.25) is 5.02 Å². The fourth-order valence-electron chi connectivity index (χ4n) is 2.28. The molecule has 0 aliphatic carbocycles. The zero-order chi connectivity index (χ0) is 16.5. The predicted molar refractivity (Wildman–Crippen MR) is 97.6 cm³/mol. The van der Waals surface area contributed by atoms with Crippen LogP contribution in [0.25, 0.3) is 0 Å². The van der Waals surface area contributed by atoms with E-state index in [1.165, 1.54) is 0 Å². The first-order valence-electron chi connectivity index (χ1n) is 7.62. The van der Waals surface area contributed by atoms with E-state index in [4.69, 9.17) is 31.4 Å². The molecule has 4 nitrogen and oxygen atoms in total. The molecule has 1 aromatic carbocycles. The summed E-state index contributed by atoms with van der Waals surface area (Å²) in [6.45, 7) is 10.6. The minimum absolute atomic E-state index is 0. The zero-order valence-corrected chi connectivity index (χ0v) is 16.0. The Hall–Kier alpha value is -0.455. The Kier molecular flexibility index (Phi) is 6.82. The van der Waals surface area contributed by atoms with Crippen LogP contribution in [-0.2, 0) is 9.31 Å². The number of benzene rings is 1. The highest BCUT2D eigenvalue weighted by Crippen LogP contribution is 2.37. The van der Waals surface area contributed by atoms with E-state index in [0.717, 1.165) is 11.3 Å². The second-order valence-electron chi connectivity index (χ2n) is 6.84. The van der Waals surface area contributed by atoms with Crippen molar-refractivity contribution in [1.29, 1.82) is 0 Å². The first kappa shape index (κ1) is 20.6. The molecule has 0 unspecified atom stereocenters. The smallest absolute Gasteiger partial charge is 0.475 e. The zero-order valence-electron chi connectivity index (χ0n) is 14.4. The maximum absolute atomic E-state index is 6.20. The second-order valence-corrected chi connectivity index (χ2v) is 7.27. The molecule has 1 atom stereocenters. The van der Waals surface area contributed by atoms with E-state index in [0.29, 0.717) is 18.1 Å². The summed E-state index contributed by atoms with van der Waals surface area (Å²) in [5, 5.41) is 0.707. The third-order valence-corrected chi connectivity index (χ3v) is 4.70. The Labute approximate surface area is 150 Å². The van der Waals surface area contributed by atoms with Gasteiger partial charge in [-0.3, -0.25) is 0 Å². The quantitative estimate of drug-likeness (QED) is 0.810. The minimum Gasteiger partial charge on any atom is -0.493 e. The molecule has 0 bridgehead atoms. The van der Waals surface area contributed by atoms with Gasteiger partial charge in [-0.25, -0.2) is 0 Å². The Morgan fingerprint density at radius 1 is 1.22 bits per heavy atom. The Bertz CT molecular complexity index is 524. The van der Waals surface area contributed by atoms with Gasteiger partial charge in [0.1, 0.15) is 5.75 Å². The molecular formula is C16H26BCl2NO3. The monoisotopic (exact) mass is 361 g/mol. The fraction of sp³-hybridized carbons (Fsp3) is 0.625. The molecule has 1 aliphatic rings. The second kappa shape index (κ2) is 7.62. The molecule has 1 saturated heterocycles. The summed E-state index contributed by atoms with van der Waals surface area (Å²) in [5.41, 5.74) is 6.49. The molecular weight excluding hydrogens is 336 g/mol. The van der Waals surface area contributed by atoms with Gasteiger partial charge in [-0.15, -0.1) is 12.4 Å². The van der Waals surface area contributed by atoms with Crippen LogP contribution in [0.4, 0.5) is 0 Å². The van der Waals surface area contributed by atoms with Gasteiger partial charge in [0.25, 0.3) is 0 Å². The molecule has 1 heterocycles. The summed E-state index contributed by atoms with van der Waals surface area (Å²) < 4.78 is 17.7. The van der Waals surface area contributed by atoms with Crippen LogP contribution in [-0.4, -0.2) is 30.9 Å². The molecule has 0 aromatic heterocycles. The molecule has 2 N–H and O–H groups in total. The Morgan fingerprint density at radius 2 is 1.78 bits per heavy atom. The number of hydrogen-bond acceptors (Lipinski definition) is 4. The molecule has 0 amide bonds. The van der Waals surface area contributed by atoms with Crippen molar-refractivity contribution in [3.63, 3.8) is 0 Å². The van der Waals surface area contributed by atoms with Gasteiger partial charge in [-0.2, -0.15) is 0 Å². The molecule has 0 radical (unpaired) electrons. The maximum atomic E-state index is 6.20. The van der Waals surface area contributed by atoms with Gasteiger partial charge in [-0.05, 0) is 64.8 Å². The highest BCUT2D eigenvalue weighted by atomic mass is 35.5. The largest absolute Gasteiger partial charge is 0.493 e. The summed E-state index contributed by atoms with van der Waals surface area (Å²) in [6, 6.07) is 5.57. The van der Waals surface area contributed by atoms with Crippen LogP contribution >= 0.6 is 24.0 Å². The van der Waals surface area contributed by atoms with Crippen molar-refractivity contribution in [2.45, 2.75) is 58.2 Å². The highest BCUT2D eigenvalue weighted by molar-refractivity contribution is 6.47. The van der Waals surface area contributed by atoms with E-state index >= 15 is 0 Å². The van der Waals surface area contributed by atoms with Crippen molar-refractivity contribution < 1.29 is 14.0 Å². The van der Waals surface area contributed by atoms with Gasteiger partial charge in [0.05, 0.1) is 17.8 Å². The van der Waals surface area contributed by atoms with Crippen molar-refractivity contribution in [2.75, 3.05) is 6.61 Å². The first-order valence-corrected chi connectivity index (χ1v) is 8.00. The van der Waals surface area contributed by atoms with Gasteiger partial charge in [-0.1, -0.05) is 11.6 Å². The van der Waals surface area contributed by atoms with E-state index in [-0.39, 0.29) is 29.6 Å². The number of nitrogens with two attached hydrogens (primary N) is 1. The number of rotatable bonds is 5. The average Bonchev–Trinajstić information content (AvgIpc) is 2.61. The van der Waals surface area contributed by atoms with Crippen LogP contribution < -0.4 is 10.5 Å². The molecule has 1 aromatic rings. The lowest BCUT2D eigenvalue weighted by molar-refractivity contribution is 0.00578. The topological polar surface area (TPSA) is 53.7 Å². The maximum Gasteiger partial charge on any atom is 0.475 e. The molecule has 23 heavy (non-hydrogen) atoms. The first-order chi connectivity index (χ1) is 10.1. The predicted octanol–water partition coefficient (Wildman–Crippen LogP) is 3.80. The van der Waals surface area contributed by atoms with Crippen molar-refractivity contribution in [3.8, 4) is 5.75 Å². The normalized spacial score (nSPS) is 20.0. The Morgan fingerprint density at radius 3 is 2.30 bits per heavy atom. The van der Waals surface area contributed by atoms with Crippen LogP contribution in [0.3, 0.4) is 0 Å². The molecule has 1 fully saturated rings. The van der Waals surface area contributed by atoms with Crippen LogP contribution in [0.1, 0.15) is 39.7 Å². The van der Waals surface area contributed by atoms with Crippen molar-refractivity contribution in [1.82, 2.24) is 0 Å². The van der Waals surface area contributed by atoms with E-state index in [9.17, 15) is 0 Å². The Balaban J connectivity index is 0.00000264. The van der Waals surface area contributed by atoms with Crippen molar-refractivity contribution in [3.05, 3.63) is 28.8 Å².